The number of aliphatic hydroxyl groups excluding tert-OH is 1. The van der Waals surface area contributed by atoms with Gasteiger partial charge in [-0.1, -0.05) is 29.5 Å². The van der Waals surface area contributed by atoms with Gasteiger partial charge in [-0.3, -0.25) is 4.79 Å². The Hall–Kier alpha value is -2.38. The van der Waals surface area contributed by atoms with E-state index in [-0.39, 0.29) is 18.1 Å². The van der Waals surface area contributed by atoms with Crippen LogP contribution in [0.5, 0.6) is 0 Å². The molecule has 0 spiro atoms. The van der Waals surface area contributed by atoms with E-state index in [1.54, 1.807) is 11.3 Å². The van der Waals surface area contributed by atoms with Crippen molar-refractivity contribution in [1.82, 2.24) is 14.9 Å². The average Bonchev–Trinajstić information content (AvgIpc) is 3.26. The highest BCUT2D eigenvalue weighted by Gasteiger charge is 2.37. The summed E-state index contributed by atoms with van der Waals surface area (Å²) in [4.78, 5) is 23.9. The van der Waals surface area contributed by atoms with Gasteiger partial charge in [0.25, 0.3) is 5.91 Å². The lowest BCUT2D eigenvalue weighted by Crippen LogP contribution is -2.48. The molecule has 7 heteroatoms. The van der Waals surface area contributed by atoms with E-state index >= 15 is 0 Å². The number of aromatic amines is 1. The van der Waals surface area contributed by atoms with Gasteiger partial charge in [-0.25, -0.2) is 4.98 Å². The molecular formula is C20H22N4O2S. The minimum Gasteiger partial charge on any atom is -0.394 e. The fourth-order valence-electron chi connectivity index (χ4n) is 3.93. The van der Waals surface area contributed by atoms with Gasteiger partial charge in [-0.2, -0.15) is 0 Å². The molecule has 27 heavy (non-hydrogen) atoms. The molecule has 1 aliphatic heterocycles. The molecule has 5 rings (SSSR count). The number of nitrogens with one attached hydrogen (secondary N) is 2. The van der Waals surface area contributed by atoms with Gasteiger partial charge in [-0.05, 0) is 31.4 Å². The number of carbonyl (C=O) groups is 1. The standard InChI is InChI=1S/C20H22N4O2S/c25-12-20(7-3-8-20)23-19-22-15-6-9-24(11-17(15)27-19)18(26)16-10-13-4-1-2-5-14(13)21-16/h1-2,4-5,10,21,25H,3,6-9,11-12H2,(H,22,23). The monoisotopic (exact) mass is 382 g/mol. The SMILES string of the molecule is O=C(c1cc2ccccc2[nH]1)N1CCc2nc(NC3(CO)CCC3)sc2C1. The molecule has 140 valence electrons. The Morgan fingerprint density at radius 1 is 1.37 bits per heavy atom. The van der Waals surface area contributed by atoms with Crippen LogP contribution in [0.2, 0.25) is 0 Å². The number of benzene rings is 1. The second kappa shape index (κ2) is 6.35. The summed E-state index contributed by atoms with van der Waals surface area (Å²) in [5, 5.41) is 15.0. The van der Waals surface area contributed by atoms with E-state index in [0.29, 0.717) is 18.8 Å². The lowest BCUT2D eigenvalue weighted by Gasteiger charge is -2.40. The molecule has 2 aromatic heterocycles. The molecule has 6 nitrogen and oxygen atoms in total. The minimum atomic E-state index is -0.194. The number of rotatable bonds is 4. The highest BCUT2D eigenvalue weighted by molar-refractivity contribution is 7.15. The summed E-state index contributed by atoms with van der Waals surface area (Å²) >= 11 is 1.61. The van der Waals surface area contributed by atoms with E-state index in [4.69, 9.17) is 4.98 Å². The van der Waals surface area contributed by atoms with Crippen molar-refractivity contribution in [1.29, 1.82) is 0 Å². The van der Waals surface area contributed by atoms with Crippen molar-refractivity contribution in [2.75, 3.05) is 18.5 Å². The predicted octanol–water partition coefficient (Wildman–Crippen LogP) is 3.15. The number of thiazole rings is 1. The van der Waals surface area contributed by atoms with Crippen molar-refractivity contribution in [3.05, 3.63) is 46.6 Å². The number of carbonyl (C=O) groups excluding carboxylic acids is 1. The van der Waals surface area contributed by atoms with Gasteiger partial charge >= 0.3 is 0 Å². The highest BCUT2D eigenvalue weighted by atomic mass is 32.1. The van der Waals surface area contributed by atoms with Crippen LogP contribution in [0.25, 0.3) is 10.9 Å². The largest absolute Gasteiger partial charge is 0.394 e. The Kier molecular flexibility index (Phi) is 3.94. The first kappa shape index (κ1) is 16.8. The molecule has 3 heterocycles. The van der Waals surface area contributed by atoms with Crippen LogP contribution in [0, 0.1) is 0 Å². The zero-order valence-corrected chi connectivity index (χ0v) is 15.8. The quantitative estimate of drug-likeness (QED) is 0.647. The van der Waals surface area contributed by atoms with Crippen molar-refractivity contribution in [3.63, 3.8) is 0 Å². The third-order valence-electron chi connectivity index (χ3n) is 5.76. The van der Waals surface area contributed by atoms with E-state index in [1.165, 1.54) is 0 Å². The normalized spacial score (nSPS) is 18.2. The van der Waals surface area contributed by atoms with Crippen LogP contribution in [0.1, 0.15) is 40.3 Å². The lowest BCUT2D eigenvalue weighted by molar-refractivity contribution is 0.0731. The molecule has 0 radical (unpaired) electrons. The number of H-pyrrole nitrogens is 1. The van der Waals surface area contributed by atoms with E-state index in [2.05, 4.69) is 10.3 Å². The topological polar surface area (TPSA) is 81.2 Å². The van der Waals surface area contributed by atoms with Crippen molar-refractivity contribution < 1.29 is 9.90 Å². The number of fused-ring (bicyclic) bond motifs is 2. The Labute approximate surface area is 161 Å². The molecule has 1 fully saturated rings. The number of amides is 1. The first-order valence-corrected chi connectivity index (χ1v) is 10.2. The fourth-order valence-corrected chi connectivity index (χ4v) is 5.08. The first-order chi connectivity index (χ1) is 13.2. The van der Waals surface area contributed by atoms with E-state index in [0.717, 1.165) is 52.3 Å². The van der Waals surface area contributed by atoms with Crippen LogP contribution < -0.4 is 5.32 Å². The Balaban J connectivity index is 1.34. The smallest absolute Gasteiger partial charge is 0.270 e. The number of nitrogens with zero attached hydrogens (tertiary/aromatic N) is 2. The van der Waals surface area contributed by atoms with Crippen LogP contribution in [-0.4, -0.2) is 44.6 Å². The van der Waals surface area contributed by atoms with E-state index in [1.807, 2.05) is 35.2 Å². The number of aliphatic hydroxyl groups is 1. The van der Waals surface area contributed by atoms with Crippen LogP contribution in [0.4, 0.5) is 5.13 Å². The zero-order valence-electron chi connectivity index (χ0n) is 15.0. The molecule has 3 aromatic rings. The summed E-state index contributed by atoms with van der Waals surface area (Å²) in [5.74, 6) is 0.0329. The summed E-state index contributed by atoms with van der Waals surface area (Å²) in [7, 11) is 0. The first-order valence-electron chi connectivity index (χ1n) is 9.40. The fraction of sp³-hybridized carbons (Fsp3) is 0.400. The van der Waals surface area contributed by atoms with Crippen molar-refractivity contribution in [2.24, 2.45) is 0 Å². The summed E-state index contributed by atoms with van der Waals surface area (Å²) in [6.45, 7) is 1.41. The maximum absolute atomic E-state index is 12.9. The molecule has 0 saturated heterocycles. The highest BCUT2D eigenvalue weighted by Crippen LogP contribution is 2.37. The molecule has 1 aromatic carbocycles. The van der Waals surface area contributed by atoms with E-state index in [9.17, 15) is 9.90 Å². The van der Waals surface area contributed by atoms with Crippen molar-refractivity contribution in [3.8, 4) is 0 Å². The Bertz CT molecular complexity index is 966. The van der Waals surface area contributed by atoms with Crippen molar-refractivity contribution in [2.45, 2.75) is 37.8 Å². The molecule has 3 N–H and O–H groups in total. The van der Waals surface area contributed by atoms with Gasteiger partial charge < -0.3 is 20.3 Å². The molecule has 1 amide bonds. The van der Waals surface area contributed by atoms with Gasteiger partial charge in [0.15, 0.2) is 5.13 Å². The zero-order chi connectivity index (χ0) is 18.4. The van der Waals surface area contributed by atoms with Gasteiger partial charge in [0.05, 0.1) is 24.4 Å². The summed E-state index contributed by atoms with van der Waals surface area (Å²) < 4.78 is 0. The minimum absolute atomic E-state index is 0.0329. The summed E-state index contributed by atoms with van der Waals surface area (Å²) in [5.41, 5.74) is 2.50. The summed E-state index contributed by atoms with van der Waals surface area (Å²) in [6.07, 6.45) is 3.88. The molecule has 0 unspecified atom stereocenters. The van der Waals surface area contributed by atoms with Crippen LogP contribution in [-0.2, 0) is 13.0 Å². The lowest BCUT2D eigenvalue weighted by atomic mass is 9.77. The average molecular weight is 382 g/mol. The third-order valence-corrected chi connectivity index (χ3v) is 6.76. The Morgan fingerprint density at radius 3 is 2.96 bits per heavy atom. The van der Waals surface area contributed by atoms with Gasteiger partial charge in [0.1, 0.15) is 5.69 Å². The van der Waals surface area contributed by atoms with Gasteiger partial charge in [0.2, 0.25) is 0 Å². The number of anilines is 1. The number of hydrogen-bond donors (Lipinski definition) is 3. The van der Waals surface area contributed by atoms with Crippen LogP contribution >= 0.6 is 11.3 Å². The number of para-hydroxylation sites is 1. The van der Waals surface area contributed by atoms with E-state index < -0.39 is 0 Å². The van der Waals surface area contributed by atoms with Crippen molar-refractivity contribution >= 4 is 33.3 Å². The molecule has 2 aliphatic rings. The third kappa shape index (κ3) is 2.91. The molecule has 1 saturated carbocycles. The van der Waals surface area contributed by atoms with Gasteiger partial charge in [-0.15, -0.1) is 0 Å². The molecule has 0 bridgehead atoms. The number of aromatic nitrogens is 2. The molecular weight excluding hydrogens is 360 g/mol. The predicted molar refractivity (Wildman–Crippen MR) is 106 cm³/mol. The maximum atomic E-state index is 12.9. The molecule has 0 atom stereocenters. The van der Waals surface area contributed by atoms with Crippen LogP contribution in [0.15, 0.2) is 30.3 Å². The number of hydrogen-bond acceptors (Lipinski definition) is 5. The molecule has 1 aliphatic carbocycles. The second-order valence-corrected chi connectivity index (χ2v) is 8.64. The summed E-state index contributed by atoms with van der Waals surface area (Å²) in [6, 6.07) is 9.86. The van der Waals surface area contributed by atoms with Crippen LogP contribution in [0.3, 0.4) is 0 Å². The van der Waals surface area contributed by atoms with Gasteiger partial charge in [0, 0.05) is 28.7 Å². The Morgan fingerprint density at radius 2 is 2.22 bits per heavy atom. The second-order valence-electron chi connectivity index (χ2n) is 7.55. The maximum Gasteiger partial charge on any atom is 0.270 e.